The van der Waals surface area contributed by atoms with Crippen LogP contribution in [0.3, 0.4) is 0 Å². The smallest absolute Gasteiger partial charge is 0.173 e. The maximum absolute atomic E-state index is 12.2. The van der Waals surface area contributed by atoms with Crippen LogP contribution < -0.4 is 0 Å². The fraction of sp³-hybridized carbons (Fsp3) is 0.118. The Balaban J connectivity index is 1.87. The van der Waals surface area contributed by atoms with Crippen molar-refractivity contribution in [3.63, 3.8) is 0 Å². The van der Waals surface area contributed by atoms with Gasteiger partial charge in [0.05, 0.1) is 11.3 Å². The summed E-state index contributed by atoms with van der Waals surface area (Å²) in [6.07, 6.45) is 0. The van der Waals surface area contributed by atoms with Gasteiger partial charge in [0.1, 0.15) is 16.7 Å². The fourth-order valence-corrected chi connectivity index (χ4v) is 3.10. The van der Waals surface area contributed by atoms with Gasteiger partial charge in [-0.25, -0.2) is 4.52 Å². The first-order valence-corrected chi connectivity index (χ1v) is 7.79. The van der Waals surface area contributed by atoms with Crippen LogP contribution in [0.15, 0.2) is 53.6 Å². The first-order chi connectivity index (χ1) is 10.7. The number of aromatic nitrogens is 2. The molecule has 0 aliphatic heterocycles. The second-order valence-electron chi connectivity index (χ2n) is 4.83. The number of carbonyl (C=O) groups is 1. The summed E-state index contributed by atoms with van der Waals surface area (Å²) in [5.74, 6) is 0.296. The minimum absolute atomic E-state index is 0.0308. The number of aryl methyl sites for hydroxylation is 1. The van der Waals surface area contributed by atoms with Crippen LogP contribution in [0.25, 0.3) is 5.52 Å². The third kappa shape index (κ3) is 2.61. The van der Waals surface area contributed by atoms with E-state index in [-0.39, 0.29) is 11.5 Å². The Morgan fingerprint density at radius 1 is 1.23 bits per heavy atom. The Kier molecular flexibility index (Phi) is 3.94. The first kappa shape index (κ1) is 14.4. The fourth-order valence-electron chi connectivity index (χ4n) is 2.23. The van der Waals surface area contributed by atoms with E-state index in [2.05, 4.69) is 11.2 Å². The van der Waals surface area contributed by atoms with Gasteiger partial charge in [0.25, 0.3) is 0 Å². The molecule has 0 aliphatic carbocycles. The molecule has 0 saturated heterocycles. The van der Waals surface area contributed by atoms with E-state index >= 15 is 0 Å². The molecule has 3 rings (SSSR count). The quantitative estimate of drug-likeness (QED) is 0.547. The first-order valence-electron chi connectivity index (χ1n) is 6.80. The summed E-state index contributed by atoms with van der Waals surface area (Å²) in [5, 5.41) is 14.4. The van der Waals surface area contributed by atoms with E-state index in [9.17, 15) is 10.1 Å². The molecule has 0 aliphatic rings. The van der Waals surface area contributed by atoms with Gasteiger partial charge in [-0.3, -0.25) is 4.79 Å². The molecule has 0 atom stereocenters. The average molecular weight is 307 g/mol. The van der Waals surface area contributed by atoms with Crippen molar-refractivity contribution in [3.05, 3.63) is 65.4 Å². The number of Topliss-reactive ketones (excluding diaryl/α,β-unsaturated/α-hetero) is 1. The van der Waals surface area contributed by atoms with Crippen LogP contribution >= 0.6 is 11.8 Å². The Morgan fingerprint density at radius 3 is 2.73 bits per heavy atom. The normalized spacial score (nSPS) is 10.5. The Bertz CT molecular complexity index is 878. The lowest BCUT2D eigenvalue weighted by molar-refractivity contribution is 0.102. The third-order valence-corrected chi connectivity index (χ3v) is 4.33. The van der Waals surface area contributed by atoms with Crippen LogP contribution in [0, 0.1) is 18.3 Å². The number of nitriles is 1. The number of benzene rings is 1. The third-order valence-electron chi connectivity index (χ3n) is 3.36. The van der Waals surface area contributed by atoms with Crippen LogP contribution in [0.4, 0.5) is 0 Å². The molecule has 2 heterocycles. The Hall–Kier alpha value is -2.58. The van der Waals surface area contributed by atoms with E-state index in [1.54, 1.807) is 16.6 Å². The summed E-state index contributed by atoms with van der Waals surface area (Å²) in [5.41, 5.74) is 2.93. The van der Waals surface area contributed by atoms with Crippen molar-refractivity contribution in [1.29, 1.82) is 5.26 Å². The van der Waals surface area contributed by atoms with Crippen molar-refractivity contribution in [2.24, 2.45) is 0 Å². The highest BCUT2D eigenvalue weighted by Gasteiger charge is 2.15. The maximum Gasteiger partial charge on any atom is 0.173 e. The lowest BCUT2D eigenvalue weighted by Gasteiger charge is -1.99. The highest BCUT2D eigenvalue weighted by molar-refractivity contribution is 8.00. The lowest BCUT2D eigenvalue weighted by Crippen LogP contribution is -2.02. The molecule has 0 saturated carbocycles. The number of fused-ring (bicyclic) bond motifs is 1. The summed E-state index contributed by atoms with van der Waals surface area (Å²) in [4.78, 5) is 12.2. The molecule has 108 valence electrons. The van der Waals surface area contributed by atoms with Crippen LogP contribution in [-0.4, -0.2) is 21.2 Å². The molecule has 0 radical (unpaired) electrons. The van der Waals surface area contributed by atoms with Gasteiger partial charge < -0.3 is 0 Å². The molecule has 4 nitrogen and oxygen atoms in total. The molecule has 0 N–H and O–H groups in total. The molecule has 0 unspecified atom stereocenters. The van der Waals surface area contributed by atoms with Crippen LogP contribution in [-0.2, 0) is 0 Å². The van der Waals surface area contributed by atoms with Crippen LogP contribution in [0.2, 0.25) is 0 Å². The summed E-state index contributed by atoms with van der Waals surface area (Å²) in [7, 11) is 0. The van der Waals surface area contributed by atoms with Gasteiger partial charge in [-0.15, -0.1) is 0 Å². The Labute approximate surface area is 132 Å². The van der Waals surface area contributed by atoms with Crippen molar-refractivity contribution >= 4 is 23.1 Å². The topological polar surface area (TPSA) is 58.2 Å². The van der Waals surface area contributed by atoms with Crippen LogP contribution in [0.5, 0.6) is 0 Å². The summed E-state index contributed by atoms with van der Waals surface area (Å²) < 4.78 is 1.74. The molecular weight excluding hydrogens is 294 g/mol. The number of nitrogens with zero attached hydrogens (tertiary/aromatic N) is 3. The molecule has 5 heteroatoms. The summed E-state index contributed by atoms with van der Waals surface area (Å²) >= 11 is 1.31. The second-order valence-corrected chi connectivity index (χ2v) is 5.80. The number of hydrogen-bond donors (Lipinski definition) is 0. The monoisotopic (exact) mass is 307 g/mol. The van der Waals surface area contributed by atoms with E-state index < -0.39 is 0 Å². The van der Waals surface area contributed by atoms with E-state index in [1.165, 1.54) is 11.8 Å². The van der Waals surface area contributed by atoms with Crippen molar-refractivity contribution < 1.29 is 4.79 Å². The predicted octanol–water partition coefficient (Wildman–Crippen LogP) is 3.49. The van der Waals surface area contributed by atoms with Gasteiger partial charge in [-0.1, -0.05) is 48.2 Å². The minimum atomic E-state index is 0.0308. The van der Waals surface area contributed by atoms with Gasteiger partial charge in [0.15, 0.2) is 5.78 Å². The van der Waals surface area contributed by atoms with Gasteiger partial charge in [0, 0.05) is 11.3 Å². The van der Waals surface area contributed by atoms with Gasteiger partial charge in [-0.05, 0) is 19.1 Å². The number of rotatable bonds is 4. The number of hydrogen-bond acceptors (Lipinski definition) is 4. The van der Waals surface area contributed by atoms with Crippen molar-refractivity contribution in [1.82, 2.24) is 9.61 Å². The molecule has 0 bridgehead atoms. The predicted molar refractivity (Wildman–Crippen MR) is 86.1 cm³/mol. The van der Waals surface area contributed by atoms with Gasteiger partial charge in [0.2, 0.25) is 0 Å². The number of pyridine rings is 1. The second kappa shape index (κ2) is 6.04. The zero-order valence-electron chi connectivity index (χ0n) is 12.0. The van der Waals surface area contributed by atoms with Gasteiger partial charge >= 0.3 is 0 Å². The SMILES string of the molecule is Cc1cccc2c(C#N)c(SCC(=O)c3ccccc3)nn12. The highest BCUT2D eigenvalue weighted by atomic mass is 32.2. The van der Waals surface area contributed by atoms with E-state index in [1.807, 2.05) is 43.3 Å². The standard InChI is InChI=1S/C17H13N3OS/c1-12-6-5-9-15-14(10-18)17(19-20(12)15)22-11-16(21)13-7-3-2-4-8-13/h2-9H,11H2,1H3. The molecule has 2 aromatic heterocycles. The van der Waals surface area contributed by atoms with E-state index in [0.29, 0.717) is 16.2 Å². The molecule has 1 aromatic carbocycles. The molecular formula is C17H13N3OS. The molecule has 3 aromatic rings. The maximum atomic E-state index is 12.2. The van der Waals surface area contributed by atoms with E-state index in [0.717, 1.165) is 11.2 Å². The molecule has 0 amide bonds. The zero-order chi connectivity index (χ0) is 15.5. The minimum Gasteiger partial charge on any atom is -0.293 e. The Morgan fingerprint density at radius 2 is 2.00 bits per heavy atom. The lowest BCUT2D eigenvalue weighted by atomic mass is 10.2. The summed E-state index contributed by atoms with van der Waals surface area (Å²) in [6.45, 7) is 1.94. The highest BCUT2D eigenvalue weighted by Crippen LogP contribution is 2.26. The van der Waals surface area contributed by atoms with Crippen molar-refractivity contribution in [3.8, 4) is 6.07 Å². The average Bonchev–Trinajstić information content (AvgIpc) is 2.92. The molecule has 0 spiro atoms. The number of thioether (sulfide) groups is 1. The van der Waals surface area contributed by atoms with Crippen molar-refractivity contribution in [2.75, 3.05) is 5.75 Å². The number of carbonyl (C=O) groups excluding carboxylic acids is 1. The largest absolute Gasteiger partial charge is 0.293 e. The summed E-state index contributed by atoms with van der Waals surface area (Å²) in [6, 6.07) is 17.0. The van der Waals surface area contributed by atoms with E-state index in [4.69, 9.17) is 0 Å². The van der Waals surface area contributed by atoms with Gasteiger partial charge in [-0.2, -0.15) is 10.4 Å². The zero-order valence-corrected chi connectivity index (χ0v) is 12.8. The molecule has 0 fully saturated rings. The molecule has 22 heavy (non-hydrogen) atoms. The van der Waals surface area contributed by atoms with Crippen molar-refractivity contribution in [2.45, 2.75) is 11.9 Å². The van der Waals surface area contributed by atoms with Crippen LogP contribution in [0.1, 0.15) is 21.6 Å². The number of ketones is 1.